The van der Waals surface area contributed by atoms with Crippen LogP contribution >= 0.6 is 11.6 Å². The van der Waals surface area contributed by atoms with Crippen LogP contribution in [-0.4, -0.2) is 20.9 Å². The number of imidazole rings is 1. The number of benzene rings is 2. The Hall–Kier alpha value is -3.05. The van der Waals surface area contributed by atoms with Crippen molar-refractivity contribution < 1.29 is 9.18 Å². The molecule has 35 heavy (non-hydrogen) atoms. The molecule has 4 aromatic rings. The van der Waals surface area contributed by atoms with Gasteiger partial charge in [-0.2, -0.15) is 0 Å². The van der Waals surface area contributed by atoms with Crippen molar-refractivity contribution in [3.63, 3.8) is 0 Å². The normalized spacial score (nSPS) is 16.4. The van der Waals surface area contributed by atoms with Crippen LogP contribution in [0.4, 0.5) is 4.39 Å². The molecule has 0 atom stereocenters. The van der Waals surface area contributed by atoms with E-state index in [1.807, 2.05) is 36.4 Å². The number of hydrogen-bond donors (Lipinski definition) is 1. The SMILES string of the molecule is O=C(NC1CCCCC1)c1c(-c2ccc(Cl)cc2)c2c3n(c(-c4ccc(F)cc4)cn13)CCCC2. The summed E-state index contributed by atoms with van der Waals surface area (Å²) < 4.78 is 18.1. The molecule has 1 saturated carbocycles. The van der Waals surface area contributed by atoms with Crippen molar-refractivity contribution in [1.29, 1.82) is 0 Å². The summed E-state index contributed by atoms with van der Waals surface area (Å²) in [5, 5.41) is 4.03. The molecule has 2 aromatic carbocycles. The molecule has 1 aliphatic heterocycles. The van der Waals surface area contributed by atoms with E-state index in [0.717, 1.165) is 79.5 Å². The lowest BCUT2D eigenvalue weighted by molar-refractivity contribution is 0.0922. The minimum atomic E-state index is -0.249. The fourth-order valence-electron chi connectivity index (χ4n) is 5.89. The maximum absolute atomic E-state index is 13.9. The largest absolute Gasteiger partial charge is 0.348 e. The number of amides is 1. The Bertz CT molecular complexity index is 1380. The number of halogens is 2. The van der Waals surface area contributed by atoms with Gasteiger partial charge in [0.1, 0.15) is 17.2 Å². The Morgan fingerprint density at radius 1 is 0.914 bits per heavy atom. The highest BCUT2D eigenvalue weighted by Gasteiger charge is 2.30. The van der Waals surface area contributed by atoms with Gasteiger partial charge in [0, 0.05) is 34.9 Å². The number of aromatic nitrogens is 2. The van der Waals surface area contributed by atoms with Gasteiger partial charge in [0.05, 0.1) is 5.69 Å². The highest BCUT2D eigenvalue weighted by atomic mass is 35.5. The molecule has 1 fully saturated rings. The van der Waals surface area contributed by atoms with Gasteiger partial charge in [-0.15, -0.1) is 0 Å². The molecular weight excluding hydrogens is 461 g/mol. The standard InChI is InChI=1S/C29H29ClFN3O/c30-21-13-9-20(10-14-21)26-24-8-4-5-17-33-25(19-11-15-22(31)16-12-19)18-34(29(24)33)27(26)28(35)32-23-6-2-1-3-7-23/h9-16,18,23H,1-8,17H2,(H,32,35). The third-order valence-electron chi connectivity index (χ3n) is 7.56. The van der Waals surface area contributed by atoms with Crippen LogP contribution in [0.5, 0.6) is 0 Å². The number of carbonyl (C=O) groups is 1. The third-order valence-corrected chi connectivity index (χ3v) is 7.81. The second-order valence-electron chi connectivity index (χ2n) is 9.84. The lowest BCUT2D eigenvalue weighted by atomic mass is 9.94. The maximum Gasteiger partial charge on any atom is 0.269 e. The predicted octanol–water partition coefficient (Wildman–Crippen LogP) is 7.27. The maximum atomic E-state index is 13.9. The predicted molar refractivity (Wildman–Crippen MR) is 139 cm³/mol. The topological polar surface area (TPSA) is 38.4 Å². The lowest BCUT2D eigenvalue weighted by Gasteiger charge is -2.23. The van der Waals surface area contributed by atoms with Gasteiger partial charge in [0.15, 0.2) is 0 Å². The van der Waals surface area contributed by atoms with Crippen molar-refractivity contribution in [3.05, 3.63) is 76.8 Å². The van der Waals surface area contributed by atoms with Crippen LogP contribution in [0, 0.1) is 5.82 Å². The van der Waals surface area contributed by atoms with Gasteiger partial charge in [-0.1, -0.05) is 43.0 Å². The summed E-state index contributed by atoms with van der Waals surface area (Å²) in [5.74, 6) is -0.271. The summed E-state index contributed by atoms with van der Waals surface area (Å²) in [7, 11) is 0. The fourth-order valence-corrected chi connectivity index (χ4v) is 6.01. The van der Waals surface area contributed by atoms with Crippen molar-refractivity contribution in [3.8, 4) is 22.4 Å². The summed E-state index contributed by atoms with van der Waals surface area (Å²) in [5.41, 5.74) is 6.94. The van der Waals surface area contributed by atoms with E-state index in [-0.39, 0.29) is 17.8 Å². The minimum Gasteiger partial charge on any atom is -0.348 e. The zero-order valence-corrected chi connectivity index (χ0v) is 20.5. The van der Waals surface area contributed by atoms with Crippen molar-refractivity contribution in [2.24, 2.45) is 0 Å². The molecule has 0 unspecified atom stereocenters. The van der Waals surface area contributed by atoms with Crippen LogP contribution in [0.3, 0.4) is 0 Å². The van der Waals surface area contributed by atoms with E-state index in [1.165, 1.54) is 24.1 Å². The van der Waals surface area contributed by atoms with Gasteiger partial charge in [0.25, 0.3) is 5.91 Å². The van der Waals surface area contributed by atoms with Gasteiger partial charge >= 0.3 is 0 Å². The Morgan fingerprint density at radius 2 is 1.63 bits per heavy atom. The average Bonchev–Trinajstić information content (AvgIpc) is 3.28. The van der Waals surface area contributed by atoms with Crippen molar-refractivity contribution >= 4 is 23.2 Å². The van der Waals surface area contributed by atoms with E-state index in [0.29, 0.717) is 10.7 Å². The first-order chi connectivity index (χ1) is 17.1. The van der Waals surface area contributed by atoms with Gasteiger partial charge in [0.2, 0.25) is 0 Å². The summed E-state index contributed by atoms with van der Waals surface area (Å²) in [6.07, 6.45) is 10.7. The molecule has 1 aliphatic carbocycles. The minimum absolute atomic E-state index is 0.0218. The van der Waals surface area contributed by atoms with Crippen LogP contribution < -0.4 is 5.32 Å². The summed E-state index contributed by atoms with van der Waals surface area (Å²) in [6.45, 7) is 0.865. The van der Waals surface area contributed by atoms with E-state index < -0.39 is 0 Å². The summed E-state index contributed by atoms with van der Waals surface area (Å²) in [4.78, 5) is 13.9. The molecule has 1 amide bonds. The van der Waals surface area contributed by atoms with Crippen LogP contribution in [0.1, 0.15) is 61.0 Å². The molecule has 6 rings (SSSR count). The van der Waals surface area contributed by atoms with Crippen LogP contribution in [0.25, 0.3) is 28.0 Å². The highest BCUT2D eigenvalue weighted by Crippen LogP contribution is 2.40. The molecule has 4 nitrogen and oxygen atoms in total. The Balaban J connectivity index is 1.57. The van der Waals surface area contributed by atoms with E-state index in [9.17, 15) is 9.18 Å². The average molecular weight is 490 g/mol. The van der Waals surface area contributed by atoms with E-state index >= 15 is 0 Å². The molecule has 0 saturated heterocycles. The van der Waals surface area contributed by atoms with Crippen LogP contribution in [-0.2, 0) is 13.0 Å². The van der Waals surface area contributed by atoms with Crippen LogP contribution in [0.15, 0.2) is 54.7 Å². The molecule has 2 aliphatic rings. The number of nitrogens with one attached hydrogen (secondary N) is 1. The van der Waals surface area contributed by atoms with Gasteiger partial charge in [-0.05, 0) is 79.6 Å². The first kappa shape index (κ1) is 22.4. The first-order valence-electron chi connectivity index (χ1n) is 12.7. The second-order valence-corrected chi connectivity index (χ2v) is 10.3. The van der Waals surface area contributed by atoms with E-state index in [2.05, 4.69) is 20.5 Å². The summed E-state index contributed by atoms with van der Waals surface area (Å²) in [6, 6.07) is 14.7. The van der Waals surface area contributed by atoms with Gasteiger partial charge in [-0.25, -0.2) is 4.39 Å². The Morgan fingerprint density at radius 3 is 2.37 bits per heavy atom. The number of nitrogens with zero attached hydrogens (tertiary/aromatic N) is 2. The molecule has 2 aromatic heterocycles. The lowest BCUT2D eigenvalue weighted by Crippen LogP contribution is -2.37. The number of hydrogen-bond acceptors (Lipinski definition) is 1. The fraction of sp³-hybridized carbons (Fsp3) is 0.345. The second kappa shape index (κ2) is 9.19. The smallest absolute Gasteiger partial charge is 0.269 e. The highest BCUT2D eigenvalue weighted by molar-refractivity contribution is 6.30. The number of carbonyl (C=O) groups excluding carboxylic acids is 1. The van der Waals surface area contributed by atoms with Gasteiger partial charge in [-0.3, -0.25) is 9.20 Å². The quantitative estimate of drug-likeness (QED) is 0.321. The molecule has 0 bridgehead atoms. The zero-order chi connectivity index (χ0) is 23.9. The van der Waals surface area contributed by atoms with E-state index in [4.69, 9.17) is 11.6 Å². The Labute approximate surface area is 209 Å². The van der Waals surface area contributed by atoms with Crippen molar-refractivity contribution in [2.45, 2.75) is 64.0 Å². The summed E-state index contributed by atoms with van der Waals surface area (Å²) >= 11 is 6.21. The van der Waals surface area contributed by atoms with E-state index in [1.54, 1.807) is 0 Å². The molecule has 3 heterocycles. The monoisotopic (exact) mass is 489 g/mol. The van der Waals surface area contributed by atoms with Gasteiger partial charge < -0.3 is 9.88 Å². The zero-order valence-electron chi connectivity index (χ0n) is 19.7. The third kappa shape index (κ3) is 4.06. The number of rotatable bonds is 4. The molecule has 0 spiro atoms. The molecule has 1 N–H and O–H groups in total. The molecule has 6 heteroatoms. The van der Waals surface area contributed by atoms with Crippen molar-refractivity contribution in [2.75, 3.05) is 0 Å². The van der Waals surface area contributed by atoms with Crippen LogP contribution in [0.2, 0.25) is 5.02 Å². The molecular formula is C29H29ClFN3O. The number of aryl methyl sites for hydroxylation is 2. The van der Waals surface area contributed by atoms with Crippen molar-refractivity contribution in [1.82, 2.24) is 14.3 Å². The first-order valence-corrected chi connectivity index (χ1v) is 13.1. The molecule has 180 valence electrons. The molecule has 0 radical (unpaired) electrons. The Kier molecular flexibility index (Phi) is 5.89.